The van der Waals surface area contributed by atoms with E-state index in [1.807, 2.05) is 31.2 Å². The van der Waals surface area contributed by atoms with E-state index < -0.39 is 35.1 Å². The van der Waals surface area contributed by atoms with Crippen molar-refractivity contribution in [2.75, 3.05) is 11.1 Å². The van der Waals surface area contributed by atoms with Gasteiger partial charge in [-0.1, -0.05) is 29.5 Å². The Bertz CT molecular complexity index is 1470. The highest BCUT2D eigenvalue weighted by atomic mass is 32.2. The number of nitrogens with one attached hydrogen (secondary N) is 1. The maximum Gasteiger partial charge on any atom is 0.265 e. The molecule has 0 aliphatic carbocycles. The molecule has 0 fully saturated rings. The molecule has 2 aromatic carbocycles. The van der Waals surface area contributed by atoms with Gasteiger partial charge < -0.3 is 5.32 Å². The first-order valence-electron chi connectivity index (χ1n) is 9.97. The van der Waals surface area contributed by atoms with Gasteiger partial charge >= 0.3 is 0 Å². The maximum atomic E-state index is 13.9. The first-order valence-corrected chi connectivity index (χ1v) is 11.0. The maximum absolute atomic E-state index is 13.9. The van der Waals surface area contributed by atoms with E-state index in [9.17, 15) is 22.8 Å². The van der Waals surface area contributed by atoms with Gasteiger partial charge in [0.05, 0.1) is 23.6 Å². The van der Waals surface area contributed by atoms with Gasteiger partial charge in [0.1, 0.15) is 5.39 Å². The van der Waals surface area contributed by atoms with E-state index >= 15 is 0 Å². The Balaban J connectivity index is 1.43. The van der Waals surface area contributed by atoms with Crippen molar-refractivity contribution in [1.29, 1.82) is 0 Å². The average molecular weight is 471 g/mol. The number of hydrogen-bond acceptors (Lipinski definition) is 5. The molecule has 7 nitrogen and oxygen atoms in total. The Morgan fingerprint density at radius 2 is 1.91 bits per heavy atom. The van der Waals surface area contributed by atoms with Crippen molar-refractivity contribution in [3.63, 3.8) is 0 Å². The standard InChI is InChI=1S/C22H16F3N5O2S/c1-11-2-4-12(5-3-11)30-20-14(9-26-30)21(32)29-13(10-33-22(29)28-20)8-17(31)27-16-7-6-15(23)18(24)19(16)25/h2-7,9,13H,8,10H2,1H3,(H,27,31). The highest BCUT2D eigenvalue weighted by Gasteiger charge is 2.30. The van der Waals surface area contributed by atoms with Crippen LogP contribution in [-0.2, 0) is 4.79 Å². The van der Waals surface area contributed by atoms with E-state index in [0.717, 1.165) is 23.4 Å². The summed E-state index contributed by atoms with van der Waals surface area (Å²) < 4.78 is 43.4. The molecule has 1 unspecified atom stereocenters. The number of anilines is 1. The molecule has 0 bridgehead atoms. The fourth-order valence-electron chi connectivity index (χ4n) is 3.69. The molecule has 1 N–H and O–H groups in total. The second kappa shape index (κ2) is 8.07. The van der Waals surface area contributed by atoms with Gasteiger partial charge in [-0.3, -0.25) is 14.2 Å². The number of aryl methyl sites for hydroxylation is 1. The number of amides is 1. The lowest BCUT2D eigenvalue weighted by Gasteiger charge is -2.14. The van der Waals surface area contributed by atoms with Crippen LogP contribution in [0.1, 0.15) is 18.0 Å². The summed E-state index contributed by atoms with van der Waals surface area (Å²) in [4.78, 5) is 30.2. The molecule has 1 aliphatic heterocycles. The molecular formula is C22H16F3N5O2S. The zero-order valence-electron chi connectivity index (χ0n) is 17.2. The summed E-state index contributed by atoms with van der Waals surface area (Å²) >= 11 is 1.32. The van der Waals surface area contributed by atoms with Gasteiger partial charge in [0.2, 0.25) is 5.91 Å². The normalized spacial score (nSPS) is 15.1. The summed E-state index contributed by atoms with van der Waals surface area (Å²) in [6.07, 6.45) is 1.27. The van der Waals surface area contributed by atoms with Gasteiger partial charge in [-0.15, -0.1) is 0 Å². The van der Waals surface area contributed by atoms with Crippen molar-refractivity contribution < 1.29 is 18.0 Å². The summed E-state index contributed by atoms with van der Waals surface area (Å²) in [5.74, 6) is -4.72. The predicted molar refractivity (Wildman–Crippen MR) is 117 cm³/mol. The largest absolute Gasteiger partial charge is 0.323 e. The highest BCUT2D eigenvalue weighted by Crippen LogP contribution is 2.34. The predicted octanol–water partition coefficient (Wildman–Crippen LogP) is 3.98. The second-order valence-corrected chi connectivity index (χ2v) is 8.63. The third-order valence-electron chi connectivity index (χ3n) is 5.38. The number of rotatable bonds is 4. The van der Waals surface area contributed by atoms with Crippen molar-refractivity contribution in [3.05, 3.63) is 76.0 Å². The highest BCUT2D eigenvalue weighted by molar-refractivity contribution is 7.99. The molecule has 1 aliphatic rings. The lowest BCUT2D eigenvalue weighted by molar-refractivity contribution is -0.116. The van der Waals surface area contributed by atoms with E-state index in [1.165, 1.54) is 22.5 Å². The fraction of sp³-hybridized carbons (Fsp3) is 0.182. The lowest BCUT2D eigenvalue weighted by Crippen LogP contribution is -2.28. The van der Waals surface area contributed by atoms with E-state index in [1.54, 1.807) is 4.68 Å². The first-order chi connectivity index (χ1) is 15.8. The molecule has 0 spiro atoms. The lowest BCUT2D eigenvalue weighted by atomic mass is 10.2. The summed E-state index contributed by atoms with van der Waals surface area (Å²) in [7, 11) is 0. The van der Waals surface area contributed by atoms with Crippen LogP contribution in [0.5, 0.6) is 0 Å². The third kappa shape index (κ3) is 3.67. The minimum atomic E-state index is -1.66. The Kier molecular flexibility index (Phi) is 5.20. The molecule has 11 heteroatoms. The van der Waals surface area contributed by atoms with Crippen LogP contribution >= 0.6 is 11.8 Å². The van der Waals surface area contributed by atoms with E-state index in [4.69, 9.17) is 0 Å². The van der Waals surface area contributed by atoms with Crippen LogP contribution < -0.4 is 10.9 Å². The second-order valence-electron chi connectivity index (χ2n) is 7.64. The van der Waals surface area contributed by atoms with Gasteiger partial charge in [0, 0.05) is 12.2 Å². The van der Waals surface area contributed by atoms with Crippen LogP contribution in [0.4, 0.5) is 18.9 Å². The average Bonchev–Trinajstić information content (AvgIpc) is 3.40. The molecule has 1 amide bonds. The molecule has 0 saturated heterocycles. The number of nitrogens with zero attached hydrogens (tertiary/aromatic N) is 4. The minimum absolute atomic E-state index is 0.169. The number of carbonyl (C=O) groups is 1. The fourth-order valence-corrected chi connectivity index (χ4v) is 4.82. The Labute approximate surface area is 189 Å². The number of carbonyl (C=O) groups excluding carboxylic acids is 1. The number of benzene rings is 2. The van der Waals surface area contributed by atoms with E-state index in [2.05, 4.69) is 15.4 Å². The molecule has 5 rings (SSSR count). The Morgan fingerprint density at radius 3 is 2.67 bits per heavy atom. The van der Waals surface area contributed by atoms with Crippen LogP contribution in [0.3, 0.4) is 0 Å². The summed E-state index contributed by atoms with van der Waals surface area (Å²) in [5, 5.41) is 7.30. The Morgan fingerprint density at radius 1 is 1.15 bits per heavy atom. The summed E-state index contributed by atoms with van der Waals surface area (Å²) in [5.41, 5.74) is 1.46. The molecule has 2 aromatic heterocycles. The number of fused-ring (bicyclic) bond motifs is 2. The van der Waals surface area contributed by atoms with Crippen molar-refractivity contribution in [2.45, 2.75) is 24.5 Å². The topological polar surface area (TPSA) is 81.8 Å². The monoisotopic (exact) mass is 471 g/mol. The number of aromatic nitrogens is 4. The van der Waals surface area contributed by atoms with E-state index in [-0.39, 0.29) is 12.0 Å². The first kappa shape index (κ1) is 21.3. The molecule has 33 heavy (non-hydrogen) atoms. The summed E-state index contributed by atoms with van der Waals surface area (Å²) in [6, 6.07) is 8.76. The van der Waals surface area contributed by atoms with Gasteiger partial charge in [-0.05, 0) is 31.2 Å². The summed E-state index contributed by atoms with van der Waals surface area (Å²) in [6.45, 7) is 1.97. The molecule has 1 atom stereocenters. The molecule has 168 valence electrons. The van der Waals surface area contributed by atoms with Crippen molar-refractivity contribution in [3.8, 4) is 5.69 Å². The molecule has 3 heterocycles. The molecular weight excluding hydrogens is 455 g/mol. The number of thioether (sulfide) groups is 1. The zero-order chi connectivity index (χ0) is 23.3. The van der Waals surface area contributed by atoms with Crippen LogP contribution in [0.25, 0.3) is 16.7 Å². The van der Waals surface area contributed by atoms with Crippen molar-refractivity contribution in [2.24, 2.45) is 0 Å². The third-order valence-corrected chi connectivity index (χ3v) is 6.48. The minimum Gasteiger partial charge on any atom is -0.323 e. The zero-order valence-corrected chi connectivity index (χ0v) is 18.0. The molecule has 0 saturated carbocycles. The number of hydrogen-bond donors (Lipinski definition) is 1. The van der Waals surface area contributed by atoms with Crippen LogP contribution in [-0.4, -0.2) is 31.0 Å². The van der Waals surface area contributed by atoms with Crippen LogP contribution in [0.15, 0.2) is 52.5 Å². The van der Waals surface area contributed by atoms with E-state index in [0.29, 0.717) is 21.9 Å². The van der Waals surface area contributed by atoms with Gasteiger partial charge in [0.25, 0.3) is 5.56 Å². The Hall–Kier alpha value is -3.60. The number of halogens is 3. The van der Waals surface area contributed by atoms with Crippen molar-refractivity contribution >= 4 is 34.4 Å². The van der Waals surface area contributed by atoms with Crippen LogP contribution in [0.2, 0.25) is 0 Å². The smallest absolute Gasteiger partial charge is 0.265 e. The SMILES string of the molecule is Cc1ccc(-n2ncc3c(=O)n4c(nc32)SCC4CC(=O)Nc2ccc(F)c(F)c2F)cc1. The van der Waals surface area contributed by atoms with Gasteiger partial charge in [0.15, 0.2) is 28.3 Å². The van der Waals surface area contributed by atoms with Gasteiger partial charge in [-0.2, -0.15) is 5.10 Å². The van der Waals surface area contributed by atoms with Gasteiger partial charge in [-0.25, -0.2) is 22.8 Å². The quantitative estimate of drug-likeness (QED) is 0.360. The van der Waals surface area contributed by atoms with Crippen molar-refractivity contribution in [1.82, 2.24) is 19.3 Å². The van der Waals surface area contributed by atoms with Crippen LogP contribution in [0, 0.1) is 24.4 Å². The molecule has 4 aromatic rings. The molecule has 0 radical (unpaired) electrons.